The highest BCUT2D eigenvalue weighted by Crippen LogP contribution is 2.65. The molecule has 4 aliphatic rings. The molecule has 4 aliphatic carbocycles. The molecule has 124 valence electrons. The molecule has 3 fully saturated rings. The second-order valence-electron chi connectivity index (χ2n) is 8.80. The van der Waals surface area contributed by atoms with Gasteiger partial charge in [-0.05, 0) is 73.8 Å². The first-order valence-electron chi connectivity index (χ1n) is 9.10. The van der Waals surface area contributed by atoms with Crippen molar-refractivity contribution >= 4 is 5.78 Å². The van der Waals surface area contributed by atoms with Crippen molar-refractivity contribution in [1.82, 2.24) is 0 Å². The van der Waals surface area contributed by atoms with Crippen LogP contribution in [0.15, 0.2) is 35.5 Å². The van der Waals surface area contributed by atoms with Gasteiger partial charge < -0.3 is 5.11 Å². The lowest BCUT2D eigenvalue weighted by molar-refractivity contribution is -0.112. The summed E-state index contributed by atoms with van der Waals surface area (Å²) in [4.78, 5) is 12.2. The summed E-state index contributed by atoms with van der Waals surface area (Å²) in [5.74, 6) is 1.91. The molecule has 0 amide bonds. The van der Waals surface area contributed by atoms with E-state index in [0.717, 1.165) is 43.3 Å². The van der Waals surface area contributed by atoms with E-state index in [0.29, 0.717) is 17.8 Å². The van der Waals surface area contributed by atoms with Crippen LogP contribution >= 0.6 is 0 Å². The fourth-order valence-electron chi connectivity index (χ4n) is 6.62. The van der Waals surface area contributed by atoms with Crippen molar-refractivity contribution in [3.63, 3.8) is 0 Å². The summed E-state index contributed by atoms with van der Waals surface area (Å²) in [5, 5.41) is 10.5. The van der Waals surface area contributed by atoms with Crippen LogP contribution in [0.3, 0.4) is 0 Å². The second kappa shape index (κ2) is 4.69. The van der Waals surface area contributed by atoms with Crippen LogP contribution in [0.25, 0.3) is 0 Å². The van der Waals surface area contributed by atoms with Gasteiger partial charge in [0.25, 0.3) is 0 Å². The number of fused-ring (bicyclic) bond motifs is 5. The average Bonchev–Trinajstić information content (AvgIpc) is 2.79. The summed E-state index contributed by atoms with van der Waals surface area (Å²) in [6.07, 6.45) is 9.15. The van der Waals surface area contributed by atoms with Gasteiger partial charge in [0.05, 0.1) is 6.10 Å². The molecule has 0 saturated heterocycles. The normalized spacial score (nSPS) is 49.0. The van der Waals surface area contributed by atoms with Crippen molar-refractivity contribution in [2.75, 3.05) is 0 Å². The molecule has 23 heavy (non-hydrogen) atoms. The average molecular weight is 312 g/mol. The molecule has 6 atom stereocenters. The van der Waals surface area contributed by atoms with Crippen molar-refractivity contribution in [1.29, 1.82) is 0 Å². The van der Waals surface area contributed by atoms with E-state index in [-0.39, 0.29) is 22.7 Å². The molecule has 0 aromatic heterocycles. The minimum absolute atomic E-state index is 0.0487. The number of rotatable bonds is 0. The van der Waals surface area contributed by atoms with Crippen LogP contribution in [0.4, 0.5) is 0 Å². The van der Waals surface area contributed by atoms with Crippen LogP contribution in [0.5, 0.6) is 0 Å². The lowest BCUT2D eigenvalue weighted by atomic mass is 9.47. The highest BCUT2D eigenvalue weighted by molar-refractivity contribution is 6.06. The maximum absolute atomic E-state index is 12.2. The van der Waals surface area contributed by atoms with Gasteiger partial charge in [-0.25, -0.2) is 0 Å². The van der Waals surface area contributed by atoms with Crippen LogP contribution in [-0.4, -0.2) is 17.0 Å². The Morgan fingerprint density at radius 2 is 1.96 bits per heavy atom. The van der Waals surface area contributed by atoms with Gasteiger partial charge in [0.1, 0.15) is 0 Å². The summed E-state index contributed by atoms with van der Waals surface area (Å²) in [5.41, 5.74) is 3.32. The molecular weight excluding hydrogens is 284 g/mol. The standard InChI is InChI=1S/C21H28O2/c1-12-11-14-15-5-6-18(23)20(15,3)9-7-16(14)21(4)10-8-17(22)13(2)19(12)21/h8,10,14-16,18,23H,1,5-7,9,11H2,2-4H3/t14-,15-,16+,18?,20-,21+/m0/s1. The van der Waals surface area contributed by atoms with Gasteiger partial charge >= 0.3 is 0 Å². The van der Waals surface area contributed by atoms with Crippen LogP contribution < -0.4 is 0 Å². The highest BCUT2D eigenvalue weighted by Gasteiger charge is 2.59. The topological polar surface area (TPSA) is 37.3 Å². The smallest absolute Gasteiger partial charge is 0.181 e. The predicted molar refractivity (Wildman–Crippen MR) is 91.8 cm³/mol. The maximum atomic E-state index is 12.2. The fourth-order valence-corrected chi connectivity index (χ4v) is 6.62. The van der Waals surface area contributed by atoms with Gasteiger partial charge in [-0.3, -0.25) is 4.79 Å². The zero-order valence-corrected chi connectivity index (χ0v) is 14.6. The van der Waals surface area contributed by atoms with Crippen LogP contribution in [0.2, 0.25) is 0 Å². The largest absolute Gasteiger partial charge is 0.393 e. The van der Waals surface area contributed by atoms with Crippen LogP contribution in [0.1, 0.15) is 52.9 Å². The van der Waals surface area contributed by atoms with Crippen molar-refractivity contribution in [3.8, 4) is 0 Å². The number of aliphatic hydroxyl groups is 1. The molecule has 2 nitrogen and oxygen atoms in total. The Balaban J connectivity index is 1.79. The van der Waals surface area contributed by atoms with Crippen molar-refractivity contribution in [2.24, 2.45) is 28.6 Å². The minimum atomic E-state index is -0.142. The first kappa shape index (κ1) is 15.4. The van der Waals surface area contributed by atoms with E-state index in [2.05, 4.69) is 26.5 Å². The maximum Gasteiger partial charge on any atom is 0.181 e. The monoisotopic (exact) mass is 312 g/mol. The first-order chi connectivity index (χ1) is 10.8. The fraction of sp³-hybridized carbons (Fsp3) is 0.667. The van der Waals surface area contributed by atoms with Crippen molar-refractivity contribution < 1.29 is 9.90 Å². The molecule has 0 aromatic carbocycles. The van der Waals surface area contributed by atoms with Gasteiger partial charge in [0, 0.05) is 11.0 Å². The van der Waals surface area contributed by atoms with E-state index >= 15 is 0 Å². The third kappa shape index (κ3) is 1.82. The van der Waals surface area contributed by atoms with E-state index in [1.165, 1.54) is 5.57 Å². The molecule has 0 heterocycles. The predicted octanol–water partition coefficient (Wildman–Crippen LogP) is 4.21. The molecule has 2 heteroatoms. The Morgan fingerprint density at radius 1 is 1.22 bits per heavy atom. The lowest BCUT2D eigenvalue weighted by Gasteiger charge is -2.57. The van der Waals surface area contributed by atoms with Gasteiger partial charge in [0.2, 0.25) is 0 Å². The van der Waals surface area contributed by atoms with Crippen LogP contribution in [-0.2, 0) is 4.79 Å². The summed E-state index contributed by atoms with van der Waals surface area (Å²) in [7, 11) is 0. The zero-order valence-electron chi connectivity index (χ0n) is 14.6. The van der Waals surface area contributed by atoms with Crippen molar-refractivity contribution in [3.05, 3.63) is 35.5 Å². The number of carbonyl (C=O) groups excluding carboxylic acids is 1. The molecule has 0 bridgehead atoms. The molecule has 1 unspecified atom stereocenters. The number of hydrogen-bond donors (Lipinski definition) is 1. The quantitative estimate of drug-likeness (QED) is 0.727. The first-order valence-corrected chi connectivity index (χ1v) is 9.10. The summed E-state index contributed by atoms with van der Waals surface area (Å²) < 4.78 is 0. The summed E-state index contributed by atoms with van der Waals surface area (Å²) in [6.45, 7) is 10.9. The van der Waals surface area contributed by atoms with E-state index in [9.17, 15) is 9.90 Å². The number of hydrogen-bond acceptors (Lipinski definition) is 2. The Bertz CT molecular complexity index is 655. The van der Waals surface area contributed by atoms with E-state index in [4.69, 9.17) is 0 Å². The molecule has 3 saturated carbocycles. The molecule has 1 N–H and O–H groups in total. The Kier molecular flexibility index (Phi) is 3.14. The highest BCUT2D eigenvalue weighted by atomic mass is 16.3. The molecular formula is C21H28O2. The minimum Gasteiger partial charge on any atom is -0.393 e. The SMILES string of the molecule is C=C1C[C@@H]2[C@@H](CC[C@]3(C)C(O)CC[C@@H]23)[C@@]2(C)C=CC(=O)C(C)=C12. The van der Waals surface area contributed by atoms with Gasteiger partial charge in [-0.1, -0.05) is 32.1 Å². The van der Waals surface area contributed by atoms with E-state index < -0.39 is 0 Å². The van der Waals surface area contributed by atoms with Crippen molar-refractivity contribution in [2.45, 2.75) is 59.0 Å². The molecule has 0 aromatic rings. The number of ketones is 1. The van der Waals surface area contributed by atoms with E-state index in [1.54, 1.807) is 6.08 Å². The summed E-state index contributed by atoms with van der Waals surface area (Å²) in [6, 6.07) is 0. The Morgan fingerprint density at radius 3 is 2.70 bits per heavy atom. The third-order valence-corrected chi connectivity index (χ3v) is 7.86. The van der Waals surface area contributed by atoms with Gasteiger partial charge in [-0.15, -0.1) is 0 Å². The molecule has 4 rings (SSSR count). The Hall–Kier alpha value is -1.15. The zero-order chi connectivity index (χ0) is 16.6. The van der Waals surface area contributed by atoms with Gasteiger partial charge in [-0.2, -0.15) is 0 Å². The number of allylic oxidation sites excluding steroid dienone is 5. The lowest BCUT2D eigenvalue weighted by Crippen LogP contribution is -2.51. The molecule has 0 spiro atoms. The third-order valence-electron chi connectivity index (χ3n) is 7.86. The van der Waals surface area contributed by atoms with Crippen LogP contribution in [0, 0.1) is 28.6 Å². The molecule has 0 aliphatic heterocycles. The van der Waals surface area contributed by atoms with Gasteiger partial charge in [0.15, 0.2) is 5.78 Å². The van der Waals surface area contributed by atoms with E-state index in [1.807, 2.05) is 6.92 Å². The number of carbonyl (C=O) groups is 1. The summed E-state index contributed by atoms with van der Waals surface area (Å²) >= 11 is 0. The Labute approximate surface area is 139 Å². The second-order valence-corrected chi connectivity index (χ2v) is 8.80. The number of aliphatic hydroxyl groups excluding tert-OH is 1. The molecule has 0 radical (unpaired) electrons.